The van der Waals surface area contributed by atoms with Crippen LogP contribution in [-0.2, 0) is 11.3 Å². The van der Waals surface area contributed by atoms with Crippen LogP contribution in [0.1, 0.15) is 18.4 Å². The quantitative estimate of drug-likeness (QED) is 0.657. The fourth-order valence-corrected chi connectivity index (χ4v) is 2.25. The summed E-state index contributed by atoms with van der Waals surface area (Å²) in [6.45, 7) is 2.56. The van der Waals surface area contributed by atoms with Crippen LogP contribution in [0.25, 0.3) is 0 Å². The molecule has 0 saturated carbocycles. The predicted molar refractivity (Wildman–Crippen MR) is 68.3 cm³/mol. The lowest BCUT2D eigenvalue weighted by molar-refractivity contribution is -0.385. The largest absolute Gasteiger partial charge is 0.381 e. The van der Waals surface area contributed by atoms with Gasteiger partial charge < -0.3 is 10.1 Å². The highest BCUT2D eigenvalue weighted by Gasteiger charge is 2.16. The summed E-state index contributed by atoms with van der Waals surface area (Å²) in [7, 11) is 0. The van der Waals surface area contributed by atoms with Gasteiger partial charge in [-0.1, -0.05) is 0 Å². The standard InChI is InChI=1S/C13H17FN2O3/c14-12-3-4-13(16(17)18)11(6-12)8-15-7-10-2-1-5-19-9-10/h3-4,6,10,15H,1-2,5,7-9H2. The number of hydrogen-bond donors (Lipinski definition) is 1. The number of nitro groups is 1. The van der Waals surface area contributed by atoms with E-state index >= 15 is 0 Å². The molecule has 0 amide bonds. The van der Waals surface area contributed by atoms with Gasteiger partial charge in [0.05, 0.1) is 11.5 Å². The number of ether oxygens (including phenoxy) is 1. The van der Waals surface area contributed by atoms with Crippen molar-refractivity contribution in [2.75, 3.05) is 19.8 Å². The van der Waals surface area contributed by atoms with Gasteiger partial charge in [0.15, 0.2) is 0 Å². The number of nitro benzene ring substituents is 1. The van der Waals surface area contributed by atoms with Gasteiger partial charge in [-0.2, -0.15) is 0 Å². The second-order valence-corrected chi connectivity index (χ2v) is 4.74. The molecule has 1 heterocycles. The molecule has 104 valence electrons. The molecule has 1 atom stereocenters. The van der Waals surface area contributed by atoms with Gasteiger partial charge in [-0.3, -0.25) is 10.1 Å². The van der Waals surface area contributed by atoms with Crippen LogP contribution in [0.4, 0.5) is 10.1 Å². The zero-order chi connectivity index (χ0) is 13.7. The first-order valence-electron chi connectivity index (χ1n) is 6.38. The smallest absolute Gasteiger partial charge is 0.274 e. The van der Waals surface area contributed by atoms with Crippen molar-refractivity contribution >= 4 is 5.69 Å². The lowest BCUT2D eigenvalue weighted by atomic mass is 10.0. The van der Waals surface area contributed by atoms with E-state index in [2.05, 4.69) is 5.32 Å². The molecule has 1 unspecified atom stereocenters. The third-order valence-corrected chi connectivity index (χ3v) is 3.24. The van der Waals surface area contributed by atoms with Crippen LogP contribution in [0.2, 0.25) is 0 Å². The molecule has 0 aliphatic carbocycles. The Morgan fingerprint density at radius 1 is 1.53 bits per heavy atom. The van der Waals surface area contributed by atoms with Crippen LogP contribution in [0.15, 0.2) is 18.2 Å². The minimum atomic E-state index is -0.486. The SMILES string of the molecule is O=[N+]([O-])c1ccc(F)cc1CNCC1CCCOC1. The Morgan fingerprint density at radius 2 is 2.37 bits per heavy atom. The minimum Gasteiger partial charge on any atom is -0.381 e. The van der Waals surface area contributed by atoms with Crippen LogP contribution >= 0.6 is 0 Å². The summed E-state index contributed by atoms with van der Waals surface area (Å²) >= 11 is 0. The first kappa shape index (κ1) is 13.9. The Balaban J connectivity index is 1.91. The van der Waals surface area contributed by atoms with Crippen LogP contribution < -0.4 is 5.32 Å². The van der Waals surface area contributed by atoms with Gasteiger partial charge in [-0.25, -0.2) is 4.39 Å². The van der Waals surface area contributed by atoms with Crippen molar-refractivity contribution in [1.82, 2.24) is 5.32 Å². The highest BCUT2D eigenvalue weighted by atomic mass is 19.1. The maximum absolute atomic E-state index is 13.1. The maximum atomic E-state index is 13.1. The fourth-order valence-electron chi connectivity index (χ4n) is 2.25. The zero-order valence-corrected chi connectivity index (χ0v) is 10.6. The summed E-state index contributed by atoms with van der Waals surface area (Å²) in [6, 6.07) is 3.52. The molecule has 2 rings (SSSR count). The van der Waals surface area contributed by atoms with E-state index in [0.29, 0.717) is 18.0 Å². The molecule has 5 nitrogen and oxygen atoms in total. The van der Waals surface area contributed by atoms with Gasteiger partial charge in [-0.05, 0) is 30.9 Å². The van der Waals surface area contributed by atoms with Crippen LogP contribution in [0.5, 0.6) is 0 Å². The van der Waals surface area contributed by atoms with E-state index in [-0.39, 0.29) is 5.69 Å². The molecule has 1 fully saturated rings. The second kappa shape index (κ2) is 6.58. The number of nitrogens with zero attached hydrogens (tertiary/aromatic N) is 1. The first-order valence-corrected chi connectivity index (χ1v) is 6.38. The molecule has 0 spiro atoms. The highest BCUT2D eigenvalue weighted by Crippen LogP contribution is 2.19. The summed E-state index contributed by atoms with van der Waals surface area (Å²) in [5.41, 5.74) is 0.329. The van der Waals surface area contributed by atoms with Crippen LogP contribution in [0, 0.1) is 21.8 Å². The summed E-state index contributed by atoms with van der Waals surface area (Å²) in [4.78, 5) is 10.3. The van der Waals surface area contributed by atoms with Crippen LogP contribution in [-0.4, -0.2) is 24.7 Å². The molecule has 1 aliphatic rings. The number of halogens is 1. The van der Waals surface area contributed by atoms with Crippen molar-refractivity contribution in [2.24, 2.45) is 5.92 Å². The maximum Gasteiger partial charge on any atom is 0.274 e. The zero-order valence-electron chi connectivity index (χ0n) is 10.6. The summed E-state index contributed by atoms with van der Waals surface area (Å²) in [6.07, 6.45) is 2.14. The van der Waals surface area contributed by atoms with E-state index in [1.807, 2.05) is 0 Å². The van der Waals surface area contributed by atoms with Crippen LogP contribution in [0.3, 0.4) is 0 Å². The third kappa shape index (κ3) is 3.97. The summed E-state index contributed by atoms with van der Waals surface area (Å²) in [5, 5.41) is 14.0. The molecule has 1 N–H and O–H groups in total. The van der Waals surface area contributed by atoms with Crippen molar-refractivity contribution in [1.29, 1.82) is 0 Å². The lowest BCUT2D eigenvalue weighted by Gasteiger charge is -2.22. The molecule has 1 saturated heterocycles. The number of nitrogens with one attached hydrogen (secondary N) is 1. The molecule has 1 aromatic rings. The molecule has 1 aliphatic heterocycles. The average Bonchev–Trinajstić information content (AvgIpc) is 2.39. The second-order valence-electron chi connectivity index (χ2n) is 4.74. The van der Waals surface area contributed by atoms with Gasteiger partial charge in [0, 0.05) is 31.3 Å². The van der Waals surface area contributed by atoms with E-state index in [0.717, 1.165) is 38.7 Å². The fraction of sp³-hybridized carbons (Fsp3) is 0.538. The monoisotopic (exact) mass is 268 g/mol. The molecule has 6 heteroatoms. The molecule has 0 bridgehead atoms. The van der Waals surface area contributed by atoms with Gasteiger partial charge in [0.2, 0.25) is 0 Å². The van der Waals surface area contributed by atoms with E-state index < -0.39 is 10.7 Å². The summed E-state index contributed by atoms with van der Waals surface area (Å²) in [5.74, 6) is -0.0234. The number of rotatable bonds is 5. The Morgan fingerprint density at radius 3 is 3.05 bits per heavy atom. The topological polar surface area (TPSA) is 64.4 Å². The van der Waals surface area contributed by atoms with Gasteiger partial charge in [-0.15, -0.1) is 0 Å². The Kier molecular flexibility index (Phi) is 4.81. The third-order valence-electron chi connectivity index (χ3n) is 3.24. The number of benzene rings is 1. The van der Waals surface area contributed by atoms with E-state index in [4.69, 9.17) is 4.74 Å². The first-order chi connectivity index (χ1) is 9.16. The Hall–Kier alpha value is -1.53. The highest BCUT2D eigenvalue weighted by molar-refractivity contribution is 5.40. The molecule has 19 heavy (non-hydrogen) atoms. The molecular weight excluding hydrogens is 251 g/mol. The Labute approximate surface area is 110 Å². The summed E-state index contributed by atoms with van der Waals surface area (Å²) < 4.78 is 18.5. The average molecular weight is 268 g/mol. The Bertz CT molecular complexity index is 448. The van der Waals surface area contributed by atoms with Crippen molar-refractivity contribution < 1.29 is 14.1 Å². The van der Waals surface area contributed by atoms with E-state index in [1.54, 1.807) is 0 Å². The predicted octanol–water partition coefficient (Wildman–Crippen LogP) is 2.25. The van der Waals surface area contributed by atoms with Gasteiger partial charge in [0.1, 0.15) is 5.82 Å². The van der Waals surface area contributed by atoms with Crippen molar-refractivity contribution in [2.45, 2.75) is 19.4 Å². The van der Waals surface area contributed by atoms with E-state index in [9.17, 15) is 14.5 Å². The van der Waals surface area contributed by atoms with Gasteiger partial charge in [0.25, 0.3) is 5.69 Å². The van der Waals surface area contributed by atoms with Gasteiger partial charge >= 0.3 is 0 Å². The van der Waals surface area contributed by atoms with Crippen molar-refractivity contribution in [3.8, 4) is 0 Å². The van der Waals surface area contributed by atoms with Crippen molar-refractivity contribution in [3.63, 3.8) is 0 Å². The minimum absolute atomic E-state index is 0.0474. The molecule has 0 aromatic heterocycles. The normalized spacial score (nSPS) is 19.3. The lowest BCUT2D eigenvalue weighted by Crippen LogP contribution is -2.29. The number of hydrogen-bond acceptors (Lipinski definition) is 4. The van der Waals surface area contributed by atoms with Crippen molar-refractivity contribution in [3.05, 3.63) is 39.7 Å². The molecular formula is C13H17FN2O3. The molecule has 0 radical (unpaired) electrons. The van der Waals surface area contributed by atoms with E-state index in [1.165, 1.54) is 12.1 Å². The molecule has 1 aromatic carbocycles.